The molecule has 0 saturated carbocycles. The van der Waals surface area contributed by atoms with Crippen LogP contribution in [0.5, 0.6) is 0 Å². The molecule has 0 heteroatoms. The van der Waals surface area contributed by atoms with Gasteiger partial charge in [0.25, 0.3) is 0 Å². The van der Waals surface area contributed by atoms with E-state index < -0.39 is 0 Å². The topological polar surface area (TPSA) is 0 Å². The highest BCUT2D eigenvalue weighted by atomic mass is 14.2. The Bertz CT molecular complexity index is 2220. The van der Waals surface area contributed by atoms with Crippen molar-refractivity contribution in [2.75, 3.05) is 0 Å². The Morgan fingerprint density at radius 2 is 0.762 bits per heavy atom. The minimum absolute atomic E-state index is 1.22. The third kappa shape index (κ3) is 4.08. The Labute approximate surface area is 246 Å². The van der Waals surface area contributed by atoms with Crippen LogP contribution in [0.2, 0.25) is 0 Å². The summed E-state index contributed by atoms with van der Waals surface area (Å²) >= 11 is 0. The highest BCUT2D eigenvalue weighted by Gasteiger charge is 2.22. The van der Waals surface area contributed by atoms with E-state index in [1.54, 1.807) is 0 Å². The Morgan fingerprint density at radius 3 is 1.50 bits per heavy atom. The zero-order chi connectivity index (χ0) is 27.9. The van der Waals surface area contributed by atoms with Gasteiger partial charge in [0.15, 0.2) is 0 Å². The van der Waals surface area contributed by atoms with Gasteiger partial charge in [-0.1, -0.05) is 152 Å². The summed E-state index contributed by atoms with van der Waals surface area (Å²) in [4.78, 5) is 0. The van der Waals surface area contributed by atoms with E-state index in [0.29, 0.717) is 0 Å². The lowest BCUT2D eigenvalue weighted by molar-refractivity contribution is 1.58. The molecule has 0 aliphatic carbocycles. The van der Waals surface area contributed by atoms with Crippen LogP contribution in [-0.2, 0) is 0 Å². The van der Waals surface area contributed by atoms with Crippen molar-refractivity contribution in [2.24, 2.45) is 0 Å². The second-order valence-corrected chi connectivity index (χ2v) is 10.9. The minimum atomic E-state index is 1.22. The highest BCUT2D eigenvalue weighted by Crippen LogP contribution is 2.49. The molecule has 0 unspecified atom stereocenters. The van der Waals surface area contributed by atoms with E-state index in [1.165, 1.54) is 76.8 Å². The molecular formula is C42H28. The predicted octanol–water partition coefficient (Wildman–Crippen LogP) is 11.8. The second kappa shape index (κ2) is 10.2. The minimum Gasteiger partial charge on any atom is -0.0622 e. The third-order valence-corrected chi connectivity index (χ3v) is 8.43. The maximum atomic E-state index is 2.41. The van der Waals surface area contributed by atoms with Crippen molar-refractivity contribution in [2.45, 2.75) is 0 Å². The maximum Gasteiger partial charge on any atom is -0.00139 e. The molecule has 0 saturated heterocycles. The standard InChI is InChI=1S/C42H28/c1-3-14-29(15-4-1)35-23-11-12-24-37(35)42-40-27-33-20-8-7-19-32(33)26-34(40)28-39(31-16-5-2-6-17-31)41(42)38-25-13-21-30-18-9-10-22-36(30)38/h1-28H. The van der Waals surface area contributed by atoms with E-state index in [-0.39, 0.29) is 0 Å². The molecule has 0 heterocycles. The molecule has 0 nitrogen and oxygen atoms in total. The van der Waals surface area contributed by atoms with E-state index >= 15 is 0 Å². The molecule has 0 aliphatic rings. The molecule has 0 spiro atoms. The summed E-state index contributed by atoms with van der Waals surface area (Å²) in [5, 5.41) is 7.52. The molecule has 0 fully saturated rings. The van der Waals surface area contributed by atoms with Crippen LogP contribution in [0.3, 0.4) is 0 Å². The fraction of sp³-hybridized carbons (Fsp3) is 0. The van der Waals surface area contributed by atoms with Gasteiger partial charge >= 0.3 is 0 Å². The maximum absolute atomic E-state index is 2.41. The Balaban J connectivity index is 1.61. The van der Waals surface area contributed by atoms with Gasteiger partial charge in [-0.05, 0) is 95.0 Å². The van der Waals surface area contributed by atoms with Crippen molar-refractivity contribution in [3.8, 4) is 44.5 Å². The largest absolute Gasteiger partial charge is 0.0622 e. The van der Waals surface area contributed by atoms with Crippen molar-refractivity contribution in [1.29, 1.82) is 0 Å². The van der Waals surface area contributed by atoms with Gasteiger partial charge in [-0.25, -0.2) is 0 Å². The summed E-state index contributed by atoms with van der Waals surface area (Å²) in [6, 6.07) is 61.9. The summed E-state index contributed by atoms with van der Waals surface area (Å²) in [5.74, 6) is 0. The molecule has 0 N–H and O–H groups in total. The summed E-state index contributed by atoms with van der Waals surface area (Å²) in [7, 11) is 0. The van der Waals surface area contributed by atoms with Crippen molar-refractivity contribution < 1.29 is 0 Å². The van der Waals surface area contributed by atoms with E-state index in [4.69, 9.17) is 0 Å². The summed E-state index contributed by atoms with van der Waals surface area (Å²) in [6.07, 6.45) is 0. The van der Waals surface area contributed by atoms with Gasteiger partial charge in [0, 0.05) is 0 Å². The smallest absolute Gasteiger partial charge is 0.00139 e. The average molecular weight is 533 g/mol. The van der Waals surface area contributed by atoms with Gasteiger partial charge < -0.3 is 0 Å². The van der Waals surface area contributed by atoms with E-state index in [0.717, 1.165) is 0 Å². The van der Waals surface area contributed by atoms with Crippen LogP contribution in [0.1, 0.15) is 0 Å². The van der Waals surface area contributed by atoms with Gasteiger partial charge in [-0.2, -0.15) is 0 Å². The van der Waals surface area contributed by atoms with Gasteiger partial charge in [0.1, 0.15) is 0 Å². The molecule has 0 atom stereocenters. The first-order valence-electron chi connectivity index (χ1n) is 14.5. The fourth-order valence-electron chi connectivity index (χ4n) is 6.51. The Kier molecular flexibility index (Phi) is 5.90. The number of hydrogen-bond donors (Lipinski definition) is 0. The Morgan fingerprint density at radius 1 is 0.238 bits per heavy atom. The van der Waals surface area contributed by atoms with Gasteiger partial charge in [-0.3, -0.25) is 0 Å². The molecule has 8 aromatic carbocycles. The predicted molar refractivity (Wildman–Crippen MR) is 181 cm³/mol. The van der Waals surface area contributed by atoms with Crippen molar-refractivity contribution in [3.05, 3.63) is 170 Å². The second-order valence-electron chi connectivity index (χ2n) is 10.9. The third-order valence-electron chi connectivity index (χ3n) is 8.43. The highest BCUT2D eigenvalue weighted by molar-refractivity contribution is 6.17. The van der Waals surface area contributed by atoms with E-state index in [1.807, 2.05) is 0 Å². The zero-order valence-corrected chi connectivity index (χ0v) is 23.2. The number of fused-ring (bicyclic) bond motifs is 3. The van der Waals surface area contributed by atoms with Gasteiger partial charge in [0.2, 0.25) is 0 Å². The van der Waals surface area contributed by atoms with E-state index in [9.17, 15) is 0 Å². The molecular weight excluding hydrogens is 504 g/mol. The van der Waals surface area contributed by atoms with Crippen molar-refractivity contribution in [1.82, 2.24) is 0 Å². The van der Waals surface area contributed by atoms with Crippen LogP contribution in [0.4, 0.5) is 0 Å². The molecule has 8 aromatic rings. The van der Waals surface area contributed by atoms with Crippen molar-refractivity contribution in [3.63, 3.8) is 0 Å². The van der Waals surface area contributed by atoms with Crippen LogP contribution in [-0.4, -0.2) is 0 Å². The van der Waals surface area contributed by atoms with Crippen LogP contribution in [0, 0.1) is 0 Å². The van der Waals surface area contributed by atoms with Crippen LogP contribution < -0.4 is 0 Å². The molecule has 42 heavy (non-hydrogen) atoms. The van der Waals surface area contributed by atoms with Crippen LogP contribution in [0.15, 0.2) is 170 Å². The summed E-state index contributed by atoms with van der Waals surface area (Å²) in [5.41, 5.74) is 9.94. The van der Waals surface area contributed by atoms with Crippen molar-refractivity contribution >= 4 is 32.3 Å². The molecule has 196 valence electrons. The lowest BCUT2D eigenvalue weighted by atomic mass is 9.80. The Hall–Kier alpha value is -5.46. The quantitative estimate of drug-likeness (QED) is 0.198. The lowest BCUT2D eigenvalue weighted by Crippen LogP contribution is -1.96. The number of hydrogen-bond acceptors (Lipinski definition) is 0. The first kappa shape index (κ1) is 24.3. The molecule has 0 radical (unpaired) electrons. The molecule has 0 amide bonds. The first-order valence-corrected chi connectivity index (χ1v) is 14.5. The SMILES string of the molecule is c1ccc(-c2ccccc2-c2c(-c3cccc4ccccc34)c(-c3ccccc3)cc3cc4ccccc4cc23)cc1. The normalized spacial score (nSPS) is 11.3. The number of benzene rings is 8. The molecule has 0 aliphatic heterocycles. The lowest BCUT2D eigenvalue weighted by Gasteiger charge is -2.23. The number of rotatable bonds is 4. The zero-order valence-electron chi connectivity index (χ0n) is 23.2. The molecule has 0 aromatic heterocycles. The monoisotopic (exact) mass is 532 g/mol. The van der Waals surface area contributed by atoms with Crippen LogP contribution in [0.25, 0.3) is 76.8 Å². The summed E-state index contributed by atoms with van der Waals surface area (Å²) < 4.78 is 0. The summed E-state index contributed by atoms with van der Waals surface area (Å²) in [6.45, 7) is 0. The van der Waals surface area contributed by atoms with Gasteiger partial charge in [-0.15, -0.1) is 0 Å². The fourth-order valence-corrected chi connectivity index (χ4v) is 6.51. The van der Waals surface area contributed by atoms with Gasteiger partial charge in [0.05, 0.1) is 0 Å². The molecule has 8 rings (SSSR count). The average Bonchev–Trinajstić information content (AvgIpc) is 3.07. The van der Waals surface area contributed by atoms with E-state index in [2.05, 4.69) is 170 Å². The molecule has 0 bridgehead atoms. The van der Waals surface area contributed by atoms with Crippen LogP contribution >= 0.6 is 0 Å². The first-order chi connectivity index (χ1) is 20.8.